The number of rotatable bonds is 5. The molecule has 2 N–H and O–H groups in total. The van der Waals surface area contributed by atoms with E-state index in [9.17, 15) is 14.4 Å². The van der Waals surface area contributed by atoms with E-state index in [-0.39, 0.29) is 12.2 Å². The Balaban J connectivity index is 1.68. The number of ether oxygens (including phenoxy) is 2. The van der Waals surface area contributed by atoms with Crippen LogP contribution in [-0.4, -0.2) is 30.0 Å². The molecule has 1 aliphatic heterocycles. The average Bonchev–Trinajstić information content (AvgIpc) is 3.18. The van der Waals surface area contributed by atoms with Gasteiger partial charge in [-0.05, 0) is 38.5 Å². The van der Waals surface area contributed by atoms with Gasteiger partial charge in [0.15, 0.2) is 0 Å². The van der Waals surface area contributed by atoms with Crippen LogP contribution in [0.1, 0.15) is 29.8 Å². The van der Waals surface area contributed by atoms with E-state index in [1.165, 1.54) is 18.3 Å². The van der Waals surface area contributed by atoms with Gasteiger partial charge < -0.3 is 20.1 Å². The van der Waals surface area contributed by atoms with Gasteiger partial charge in [-0.1, -0.05) is 42.0 Å². The topological polar surface area (TPSA) is 93.7 Å². The standard InChI is InChI=1S/C24H22N2O5S/c1-4-30-21(27)19-16(15-11-9-14(2)10-12-15)13-32-20(19)26-23(29)24(3)22(28)25-17-7-5-6-8-18(17)31-24/h5-13H,4H2,1-3H3,(H,25,28)(H,26,29). The van der Waals surface area contributed by atoms with Gasteiger partial charge in [0, 0.05) is 10.9 Å². The minimum absolute atomic E-state index is 0.190. The number of amides is 2. The molecule has 0 fully saturated rings. The molecule has 2 heterocycles. The molecule has 7 nitrogen and oxygen atoms in total. The molecule has 1 aromatic heterocycles. The van der Waals surface area contributed by atoms with E-state index in [1.54, 1.807) is 36.6 Å². The number of hydrogen-bond donors (Lipinski definition) is 2. The Bertz CT molecular complexity index is 1200. The highest BCUT2D eigenvalue weighted by Crippen LogP contribution is 2.38. The zero-order chi connectivity index (χ0) is 22.9. The number of anilines is 2. The fourth-order valence-electron chi connectivity index (χ4n) is 3.34. The van der Waals surface area contributed by atoms with Gasteiger partial charge in [-0.3, -0.25) is 9.59 Å². The third-order valence-electron chi connectivity index (χ3n) is 5.18. The van der Waals surface area contributed by atoms with Crippen molar-refractivity contribution in [1.82, 2.24) is 0 Å². The van der Waals surface area contributed by atoms with Crippen molar-refractivity contribution < 1.29 is 23.9 Å². The molecule has 1 unspecified atom stereocenters. The highest BCUT2D eigenvalue weighted by Gasteiger charge is 2.47. The summed E-state index contributed by atoms with van der Waals surface area (Å²) in [6, 6.07) is 14.6. The number of carbonyl (C=O) groups is 3. The molecule has 2 aromatic carbocycles. The first-order valence-corrected chi connectivity index (χ1v) is 11.0. The molecule has 0 aliphatic carbocycles. The van der Waals surface area contributed by atoms with Crippen molar-refractivity contribution in [1.29, 1.82) is 0 Å². The van der Waals surface area contributed by atoms with Crippen molar-refractivity contribution >= 4 is 39.8 Å². The highest BCUT2D eigenvalue weighted by atomic mass is 32.1. The van der Waals surface area contributed by atoms with Crippen LogP contribution in [0.15, 0.2) is 53.9 Å². The lowest BCUT2D eigenvalue weighted by Crippen LogP contribution is -2.56. The number of fused-ring (bicyclic) bond motifs is 1. The van der Waals surface area contributed by atoms with Crippen molar-refractivity contribution in [3.63, 3.8) is 0 Å². The lowest BCUT2D eigenvalue weighted by atomic mass is 10.0. The lowest BCUT2D eigenvalue weighted by molar-refractivity contribution is -0.143. The first-order chi connectivity index (χ1) is 15.3. The third kappa shape index (κ3) is 3.85. The van der Waals surface area contributed by atoms with Crippen molar-refractivity contribution in [2.24, 2.45) is 0 Å². The Morgan fingerprint density at radius 2 is 1.88 bits per heavy atom. The molecule has 8 heteroatoms. The summed E-state index contributed by atoms with van der Waals surface area (Å²) >= 11 is 1.19. The molecule has 0 bridgehead atoms. The summed E-state index contributed by atoms with van der Waals surface area (Å²) in [4.78, 5) is 38.7. The summed E-state index contributed by atoms with van der Waals surface area (Å²) in [5.74, 6) is -1.44. The Morgan fingerprint density at radius 1 is 1.16 bits per heavy atom. The van der Waals surface area contributed by atoms with Gasteiger partial charge in [-0.25, -0.2) is 4.79 Å². The molecular weight excluding hydrogens is 428 g/mol. The molecule has 0 saturated heterocycles. The van der Waals surface area contributed by atoms with E-state index < -0.39 is 23.4 Å². The van der Waals surface area contributed by atoms with Crippen molar-refractivity contribution in [3.05, 3.63) is 65.0 Å². The average molecular weight is 451 g/mol. The molecule has 4 rings (SSSR count). The van der Waals surface area contributed by atoms with E-state index in [4.69, 9.17) is 9.47 Å². The fourth-order valence-corrected chi connectivity index (χ4v) is 4.29. The molecule has 0 saturated carbocycles. The molecular formula is C24H22N2O5S. The van der Waals surface area contributed by atoms with Crippen molar-refractivity contribution in [2.75, 3.05) is 17.2 Å². The van der Waals surface area contributed by atoms with Crippen LogP contribution in [0.25, 0.3) is 11.1 Å². The second-order valence-corrected chi connectivity index (χ2v) is 8.36. The second kappa shape index (κ2) is 8.47. The Hall–Kier alpha value is -3.65. The van der Waals surface area contributed by atoms with Gasteiger partial charge in [-0.2, -0.15) is 0 Å². The third-order valence-corrected chi connectivity index (χ3v) is 6.07. The summed E-state index contributed by atoms with van der Waals surface area (Å²) < 4.78 is 11.0. The molecule has 164 valence electrons. The molecule has 1 aliphatic rings. The quantitative estimate of drug-likeness (QED) is 0.437. The van der Waals surface area contributed by atoms with E-state index in [1.807, 2.05) is 31.2 Å². The zero-order valence-electron chi connectivity index (χ0n) is 17.9. The largest absolute Gasteiger partial charge is 0.466 e. The lowest BCUT2D eigenvalue weighted by Gasteiger charge is -2.33. The summed E-state index contributed by atoms with van der Waals surface area (Å²) in [5, 5.41) is 7.49. The number of hydrogen-bond acceptors (Lipinski definition) is 6. The SMILES string of the molecule is CCOC(=O)c1c(-c2ccc(C)cc2)csc1NC(=O)C1(C)Oc2ccccc2NC1=O. The summed E-state index contributed by atoms with van der Waals surface area (Å²) in [5.41, 5.74) is 1.48. The van der Waals surface area contributed by atoms with Crippen molar-refractivity contribution in [3.8, 4) is 16.9 Å². The number of thiophene rings is 1. The van der Waals surface area contributed by atoms with Crippen LogP contribution in [0.4, 0.5) is 10.7 Å². The van der Waals surface area contributed by atoms with E-state index in [2.05, 4.69) is 10.6 Å². The smallest absolute Gasteiger partial charge is 0.341 e. The van der Waals surface area contributed by atoms with E-state index in [0.717, 1.165) is 11.1 Å². The van der Waals surface area contributed by atoms with E-state index >= 15 is 0 Å². The number of esters is 1. The summed E-state index contributed by atoms with van der Waals surface area (Å²) in [7, 11) is 0. The predicted octanol–water partition coefficient (Wildman–Crippen LogP) is 4.63. The van der Waals surface area contributed by atoms with Gasteiger partial charge in [0.1, 0.15) is 16.3 Å². The van der Waals surface area contributed by atoms with Gasteiger partial charge in [0.25, 0.3) is 17.4 Å². The maximum Gasteiger partial charge on any atom is 0.341 e. The van der Waals surface area contributed by atoms with Gasteiger partial charge in [0.2, 0.25) is 0 Å². The van der Waals surface area contributed by atoms with Crippen LogP contribution < -0.4 is 15.4 Å². The van der Waals surface area contributed by atoms with Crippen molar-refractivity contribution in [2.45, 2.75) is 26.4 Å². The molecule has 0 spiro atoms. The van der Waals surface area contributed by atoms with Crippen LogP contribution in [0, 0.1) is 6.92 Å². The Morgan fingerprint density at radius 3 is 2.59 bits per heavy atom. The fraction of sp³-hybridized carbons (Fsp3) is 0.208. The monoisotopic (exact) mass is 450 g/mol. The second-order valence-electron chi connectivity index (χ2n) is 7.48. The number of carbonyl (C=O) groups excluding carboxylic acids is 3. The van der Waals surface area contributed by atoms with Gasteiger partial charge in [-0.15, -0.1) is 11.3 Å². The summed E-state index contributed by atoms with van der Waals surface area (Å²) in [6.07, 6.45) is 0. The Kier molecular flexibility index (Phi) is 5.71. The predicted molar refractivity (Wildman–Crippen MR) is 123 cm³/mol. The highest BCUT2D eigenvalue weighted by molar-refractivity contribution is 7.15. The first-order valence-electron chi connectivity index (χ1n) is 10.1. The Labute approximate surface area is 189 Å². The number of para-hydroxylation sites is 2. The van der Waals surface area contributed by atoms with Crippen LogP contribution in [0.3, 0.4) is 0 Å². The molecule has 0 radical (unpaired) electrons. The van der Waals surface area contributed by atoms with Crippen LogP contribution in [0.5, 0.6) is 5.75 Å². The van der Waals surface area contributed by atoms with Crippen LogP contribution in [0.2, 0.25) is 0 Å². The summed E-state index contributed by atoms with van der Waals surface area (Å²) in [6.45, 7) is 5.28. The molecule has 32 heavy (non-hydrogen) atoms. The maximum absolute atomic E-state index is 13.2. The number of nitrogens with one attached hydrogen (secondary N) is 2. The number of benzene rings is 2. The number of aryl methyl sites for hydroxylation is 1. The minimum Gasteiger partial charge on any atom is -0.466 e. The van der Waals surface area contributed by atoms with Crippen LogP contribution >= 0.6 is 11.3 Å². The van der Waals surface area contributed by atoms with E-state index in [0.29, 0.717) is 22.0 Å². The first kappa shape index (κ1) is 21.6. The molecule has 2 amide bonds. The van der Waals surface area contributed by atoms with Gasteiger partial charge in [0.05, 0.1) is 12.3 Å². The molecule has 3 aromatic rings. The van der Waals surface area contributed by atoms with Gasteiger partial charge >= 0.3 is 5.97 Å². The minimum atomic E-state index is -1.81. The molecule has 1 atom stereocenters. The normalized spacial score (nSPS) is 17.0. The maximum atomic E-state index is 13.2. The zero-order valence-corrected chi connectivity index (χ0v) is 18.7. The van der Waals surface area contributed by atoms with Crippen LogP contribution in [-0.2, 0) is 14.3 Å².